The van der Waals surface area contributed by atoms with Crippen molar-refractivity contribution in [3.8, 4) is 23.0 Å². The lowest BCUT2D eigenvalue weighted by Gasteiger charge is -2.17. The van der Waals surface area contributed by atoms with Crippen LogP contribution >= 0.6 is 11.3 Å². The normalized spacial score (nSPS) is 10.2. The first kappa shape index (κ1) is 20.3. The Hall–Kier alpha value is -3.46. The van der Waals surface area contributed by atoms with Gasteiger partial charge < -0.3 is 24.3 Å². The second-order valence-electron chi connectivity index (χ2n) is 5.69. The molecule has 0 aliphatic heterocycles. The summed E-state index contributed by atoms with van der Waals surface area (Å²) < 4.78 is 22.1. The Labute approximate surface area is 172 Å². The van der Waals surface area contributed by atoms with Crippen LogP contribution < -0.4 is 29.6 Å². The summed E-state index contributed by atoms with van der Waals surface area (Å²) in [5.74, 6) is 2.09. The van der Waals surface area contributed by atoms with Crippen LogP contribution in [0.15, 0.2) is 48.0 Å². The quantitative estimate of drug-likeness (QED) is 0.567. The maximum absolute atomic E-state index is 12.2. The summed E-state index contributed by atoms with van der Waals surface area (Å²) in [5, 5.41) is 7.73. The van der Waals surface area contributed by atoms with Crippen molar-refractivity contribution in [2.75, 3.05) is 32.0 Å². The van der Waals surface area contributed by atoms with Gasteiger partial charge in [0.15, 0.2) is 16.6 Å². The predicted molar refractivity (Wildman–Crippen MR) is 112 cm³/mol. The number of hydrogen-bond acceptors (Lipinski definition) is 7. The molecule has 152 valence electrons. The lowest BCUT2D eigenvalue weighted by atomic mass is 10.1. The smallest absolute Gasteiger partial charge is 0.325 e. The van der Waals surface area contributed by atoms with Crippen molar-refractivity contribution in [2.45, 2.75) is 6.61 Å². The van der Waals surface area contributed by atoms with E-state index in [1.54, 1.807) is 51.1 Å². The van der Waals surface area contributed by atoms with Gasteiger partial charge in [-0.1, -0.05) is 12.1 Å². The first-order valence-electron chi connectivity index (χ1n) is 8.63. The van der Waals surface area contributed by atoms with Gasteiger partial charge in [-0.2, -0.15) is 0 Å². The molecule has 9 heteroatoms. The number of nitrogens with zero attached hydrogens (tertiary/aromatic N) is 1. The highest BCUT2D eigenvalue weighted by atomic mass is 32.1. The SMILES string of the molecule is COc1ccc(COc2ccccc2NC(=O)Nc2nccs2)c(OC)c1OC. The topological polar surface area (TPSA) is 90.9 Å². The van der Waals surface area contributed by atoms with Crippen LogP contribution in [0.25, 0.3) is 0 Å². The summed E-state index contributed by atoms with van der Waals surface area (Å²) in [5.41, 5.74) is 1.30. The molecule has 2 amide bonds. The highest BCUT2D eigenvalue weighted by Crippen LogP contribution is 2.40. The maximum atomic E-state index is 12.2. The van der Waals surface area contributed by atoms with E-state index in [0.29, 0.717) is 33.8 Å². The number of rotatable bonds is 8. The lowest BCUT2D eigenvalue weighted by molar-refractivity contribution is 0.261. The molecule has 0 unspecified atom stereocenters. The molecule has 0 bridgehead atoms. The minimum absolute atomic E-state index is 0.205. The maximum Gasteiger partial charge on any atom is 0.325 e. The molecule has 0 atom stereocenters. The van der Waals surface area contributed by atoms with Gasteiger partial charge in [-0.05, 0) is 24.3 Å². The molecule has 0 radical (unpaired) electrons. The first-order chi connectivity index (χ1) is 14.2. The number of nitrogens with one attached hydrogen (secondary N) is 2. The zero-order chi connectivity index (χ0) is 20.6. The Balaban J connectivity index is 1.74. The average Bonchev–Trinajstić information content (AvgIpc) is 3.25. The molecule has 0 spiro atoms. The summed E-state index contributed by atoms with van der Waals surface area (Å²) in [7, 11) is 4.66. The zero-order valence-corrected chi connectivity index (χ0v) is 17.0. The molecule has 3 aromatic rings. The molecule has 2 aromatic carbocycles. The average molecular weight is 415 g/mol. The second kappa shape index (κ2) is 9.65. The summed E-state index contributed by atoms with van der Waals surface area (Å²) >= 11 is 1.33. The highest BCUT2D eigenvalue weighted by molar-refractivity contribution is 7.13. The van der Waals surface area contributed by atoms with Gasteiger partial charge in [0.05, 0.1) is 27.0 Å². The number of hydrogen-bond donors (Lipinski definition) is 2. The Morgan fingerprint density at radius 1 is 0.966 bits per heavy atom. The van der Waals surface area contributed by atoms with Crippen LogP contribution in [0.2, 0.25) is 0 Å². The van der Waals surface area contributed by atoms with Gasteiger partial charge in [0.2, 0.25) is 5.75 Å². The number of urea groups is 1. The van der Waals surface area contributed by atoms with E-state index in [9.17, 15) is 4.79 Å². The molecule has 0 saturated heterocycles. The molecule has 2 N–H and O–H groups in total. The molecule has 0 saturated carbocycles. The zero-order valence-electron chi connectivity index (χ0n) is 16.2. The van der Waals surface area contributed by atoms with Crippen LogP contribution in [0.5, 0.6) is 23.0 Å². The van der Waals surface area contributed by atoms with Gasteiger partial charge >= 0.3 is 6.03 Å². The first-order valence-corrected chi connectivity index (χ1v) is 9.51. The van der Waals surface area contributed by atoms with Gasteiger partial charge in [-0.25, -0.2) is 9.78 Å². The number of anilines is 2. The van der Waals surface area contributed by atoms with Gasteiger partial charge in [0.25, 0.3) is 0 Å². The number of benzene rings is 2. The van der Waals surface area contributed by atoms with E-state index < -0.39 is 6.03 Å². The fraction of sp³-hybridized carbons (Fsp3) is 0.200. The standard InChI is InChI=1S/C20H21N3O5S/c1-25-16-9-8-13(17(26-2)18(16)27-3)12-28-15-7-5-4-6-14(15)22-19(24)23-20-21-10-11-29-20/h4-11H,12H2,1-3H3,(H2,21,22,23,24). The van der Waals surface area contributed by atoms with Crippen LogP contribution in [0.4, 0.5) is 15.6 Å². The van der Waals surface area contributed by atoms with Gasteiger partial charge in [-0.3, -0.25) is 5.32 Å². The summed E-state index contributed by atoms with van der Waals surface area (Å²) in [6, 6.07) is 10.4. The lowest BCUT2D eigenvalue weighted by Crippen LogP contribution is -2.19. The van der Waals surface area contributed by atoms with Gasteiger partial charge in [-0.15, -0.1) is 11.3 Å². The fourth-order valence-electron chi connectivity index (χ4n) is 2.66. The molecule has 29 heavy (non-hydrogen) atoms. The number of carbonyl (C=O) groups excluding carboxylic acids is 1. The number of amides is 2. The van der Waals surface area contributed by atoms with Crippen LogP contribution in [-0.2, 0) is 6.61 Å². The number of para-hydroxylation sites is 2. The van der Waals surface area contributed by atoms with E-state index in [4.69, 9.17) is 18.9 Å². The monoisotopic (exact) mass is 415 g/mol. The molecular weight excluding hydrogens is 394 g/mol. The second-order valence-corrected chi connectivity index (χ2v) is 6.59. The molecule has 0 aliphatic rings. The van der Waals surface area contributed by atoms with Crippen LogP contribution in [0.1, 0.15) is 5.56 Å². The van der Waals surface area contributed by atoms with Crippen molar-refractivity contribution < 1.29 is 23.7 Å². The third-order valence-corrected chi connectivity index (χ3v) is 4.65. The number of carbonyl (C=O) groups is 1. The third-order valence-electron chi connectivity index (χ3n) is 3.96. The van der Waals surface area contributed by atoms with E-state index in [2.05, 4.69) is 15.6 Å². The Morgan fingerprint density at radius 3 is 2.45 bits per heavy atom. The van der Waals surface area contributed by atoms with Gasteiger partial charge in [0, 0.05) is 17.1 Å². The Bertz CT molecular complexity index is 963. The Morgan fingerprint density at radius 2 is 1.76 bits per heavy atom. The van der Waals surface area contributed by atoms with Crippen LogP contribution in [0, 0.1) is 0 Å². The van der Waals surface area contributed by atoms with Crippen LogP contribution in [-0.4, -0.2) is 32.3 Å². The minimum Gasteiger partial charge on any atom is -0.493 e. The predicted octanol–water partition coefficient (Wildman–Crippen LogP) is 4.39. The van der Waals surface area contributed by atoms with Crippen molar-refractivity contribution in [2.24, 2.45) is 0 Å². The molecule has 1 aromatic heterocycles. The molecule has 1 heterocycles. The molecule has 0 aliphatic carbocycles. The number of ether oxygens (including phenoxy) is 4. The van der Waals surface area contributed by atoms with E-state index in [0.717, 1.165) is 5.56 Å². The summed E-state index contributed by atoms with van der Waals surface area (Å²) in [6.45, 7) is 0.205. The van der Waals surface area contributed by atoms with Gasteiger partial charge in [0.1, 0.15) is 12.4 Å². The number of aromatic nitrogens is 1. The van der Waals surface area contributed by atoms with E-state index in [1.165, 1.54) is 11.3 Å². The third kappa shape index (κ3) is 4.88. The minimum atomic E-state index is -0.403. The van der Waals surface area contributed by atoms with E-state index >= 15 is 0 Å². The largest absolute Gasteiger partial charge is 0.493 e. The highest BCUT2D eigenvalue weighted by Gasteiger charge is 2.17. The fourth-order valence-corrected chi connectivity index (χ4v) is 3.19. The van der Waals surface area contributed by atoms with Crippen LogP contribution in [0.3, 0.4) is 0 Å². The Kier molecular flexibility index (Phi) is 6.75. The molecule has 3 rings (SSSR count). The number of methoxy groups -OCH3 is 3. The van der Waals surface area contributed by atoms with Crippen molar-refractivity contribution in [1.82, 2.24) is 4.98 Å². The molecule has 0 fully saturated rings. The molecule has 8 nitrogen and oxygen atoms in total. The van der Waals surface area contributed by atoms with Crippen molar-refractivity contribution in [3.05, 3.63) is 53.5 Å². The van der Waals surface area contributed by atoms with Crippen molar-refractivity contribution >= 4 is 28.2 Å². The van der Waals surface area contributed by atoms with E-state index in [1.807, 2.05) is 18.2 Å². The summed E-state index contributed by atoms with van der Waals surface area (Å²) in [6.07, 6.45) is 1.62. The number of thiazole rings is 1. The molecular formula is C20H21N3O5S. The van der Waals surface area contributed by atoms with Crippen molar-refractivity contribution in [3.63, 3.8) is 0 Å². The summed E-state index contributed by atoms with van der Waals surface area (Å²) in [4.78, 5) is 16.2. The van der Waals surface area contributed by atoms with E-state index in [-0.39, 0.29) is 6.61 Å². The van der Waals surface area contributed by atoms with Crippen molar-refractivity contribution in [1.29, 1.82) is 0 Å².